The molecular weight excluding hydrogens is 374 g/mol. The maximum atomic E-state index is 2.70. The molecule has 0 bridgehead atoms. The molecule has 1 aliphatic carbocycles. The Morgan fingerprint density at radius 1 is 0.880 bits per heavy atom. The fourth-order valence-electron chi connectivity index (χ4n) is 5.48. The van der Waals surface area contributed by atoms with Gasteiger partial charge in [-0.25, -0.2) is 0 Å². The van der Waals surface area contributed by atoms with E-state index < -0.39 is 17.9 Å². The molecule has 6 unspecified atom stereocenters. The summed E-state index contributed by atoms with van der Waals surface area (Å²) in [4.78, 5) is 0. The summed E-state index contributed by atoms with van der Waals surface area (Å²) in [7, 11) is 2.38. The third-order valence-electron chi connectivity index (χ3n) is 7.13. The van der Waals surface area contributed by atoms with E-state index in [2.05, 4.69) is 65.8 Å². The van der Waals surface area contributed by atoms with Crippen LogP contribution in [0.4, 0.5) is 0 Å². The molecule has 0 aromatic rings. The molecule has 0 aromatic carbocycles. The van der Waals surface area contributed by atoms with Crippen molar-refractivity contribution in [3.8, 4) is 0 Å². The summed E-state index contributed by atoms with van der Waals surface area (Å²) < 4.78 is 0.756. The van der Waals surface area contributed by atoms with Gasteiger partial charge in [0.1, 0.15) is 0 Å². The van der Waals surface area contributed by atoms with Crippen LogP contribution >= 0.6 is 17.2 Å². The van der Waals surface area contributed by atoms with Gasteiger partial charge in [-0.1, -0.05) is 0 Å². The molecule has 0 aliphatic heterocycles. The van der Waals surface area contributed by atoms with Crippen molar-refractivity contribution in [3.05, 3.63) is 0 Å². The Morgan fingerprint density at radius 2 is 1.40 bits per heavy atom. The van der Waals surface area contributed by atoms with Crippen molar-refractivity contribution in [2.45, 2.75) is 118 Å². The normalized spacial score (nSPS) is 33.8. The summed E-state index contributed by atoms with van der Waals surface area (Å²) in [5.41, 5.74) is 3.38. The van der Waals surface area contributed by atoms with E-state index in [0.29, 0.717) is 5.41 Å². The van der Waals surface area contributed by atoms with Crippen LogP contribution in [0.1, 0.15) is 87.5 Å². The fraction of sp³-hybridized carbons (Fsp3) is 1.00. The van der Waals surface area contributed by atoms with Gasteiger partial charge in [-0.15, -0.1) is 0 Å². The second kappa shape index (κ2) is 10.4. The number of rotatable bonds is 9. The van der Waals surface area contributed by atoms with Gasteiger partial charge in [0.2, 0.25) is 0 Å². The molecule has 0 saturated heterocycles. The SMILES string of the molecule is CCC(C)C1(C(C)CC)CC(PC(C)C)C[C](PC(C)C)([Ti]([CH3])[CH3])C1. The first-order chi connectivity index (χ1) is 11.5. The van der Waals surface area contributed by atoms with Crippen molar-refractivity contribution in [1.82, 2.24) is 0 Å². The second-order valence-electron chi connectivity index (χ2n) is 9.84. The topological polar surface area (TPSA) is 0 Å². The average Bonchev–Trinajstić information content (AvgIpc) is 2.51. The van der Waals surface area contributed by atoms with Gasteiger partial charge in [0.05, 0.1) is 0 Å². The predicted molar refractivity (Wildman–Crippen MR) is 120 cm³/mol. The molecule has 0 spiro atoms. The Labute approximate surface area is 170 Å². The third kappa shape index (κ3) is 6.02. The fourth-order valence-corrected chi connectivity index (χ4v) is 14.9. The van der Waals surface area contributed by atoms with Gasteiger partial charge < -0.3 is 0 Å². The summed E-state index contributed by atoms with van der Waals surface area (Å²) in [5.74, 6) is 1.77. The van der Waals surface area contributed by atoms with E-state index in [1.165, 1.54) is 36.4 Å². The van der Waals surface area contributed by atoms with Gasteiger partial charge in [-0.3, -0.25) is 0 Å². The van der Waals surface area contributed by atoms with Gasteiger partial charge in [0.15, 0.2) is 0 Å². The molecule has 3 heteroatoms. The van der Waals surface area contributed by atoms with Crippen molar-refractivity contribution in [1.29, 1.82) is 0 Å². The van der Waals surface area contributed by atoms with Gasteiger partial charge in [0.25, 0.3) is 0 Å². The van der Waals surface area contributed by atoms with Gasteiger partial charge >= 0.3 is 171 Å². The molecule has 0 nitrogen and oxygen atoms in total. The van der Waals surface area contributed by atoms with Crippen LogP contribution in [0.2, 0.25) is 10.5 Å². The van der Waals surface area contributed by atoms with E-state index in [0.717, 1.165) is 32.3 Å². The Hall–Kier alpha value is 1.57. The standard InChI is InChI=1S/C20H41P2.2CH3.Ti/c1-9-16(7)20(17(8)10-2)12-18(21-14(3)4)11-19(13-20)22-15(5)6;;;/h14-18,21-22H,9-13H2,1-8H3;2*1H3;. The summed E-state index contributed by atoms with van der Waals surface area (Å²) in [6, 6.07) is 0. The van der Waals surface area contributed by atoms with Crippen LogP contribution in [0.15, 0.2) is 0 Å². The van der Waals surface area contributed by atoms with Crippen molar-refractivity contribution in [3.63, 3.8) is 0 Å². The molecule has 0 radical (unpaired) electrons. The summed E-state index contributed by atoms with van der Waals surface area (Å²) >= 11 is -1.00. The molecule has 1 aliphatic rings. The first kappa shape index (κ1) is 24.6. The third-order valence-corrected chi connectivity index (χ3v) is 16.5. The molecule has 25 heavy (non-hydrogen) atoms. The van der Waals surface area contributed by atoms with E-state index >= 15 is 0 Å². The minimum atomic E-state index is -1.00. The van der Waals surface area contributed by atoms with Crippen molar-refractivity contribution in [2.24, 2.45) is 17.3 Å². The Kier molecular flexibility index (Phi) is 10.2. The maximum absolute atomic E-state index is 2.70. The van der Waals surface area contributed by atoms with Crippen LogP contribution in [-0.4, -0.2) is 20.4 Å². The molecule has 149 valence electrons. The summed E-state index contributed by atoms with van der Waals surface area (Å²) in [6.45, 7) is 20.0. The van der Waals surface area contributed by atoms with E-state index in [1.54, 1.807) is 12.8 Å². The van der Waals surface area contributed by atoms with Crippen LogP contribution in [0, 0.1) is 17.3 Å². The van der Waals surface area contributed by atoms with Gasteiger partial charge in [0, 0.05) is 0 Å². The van der Waals surface area contributed by atoms with Gasteiger partial charge in [-0.05, 0) is 0 Å². The molecule has 1 fully saturated rings. The Balaban J connectivity index is 3.39. The first-order valence-electron chi connectivity index (χ1n) is 10.9. The van der Waals surface area contributed by atoms with Gasteiger partial charge in [-0.2, -0.15) is 0 Å². The average molecular weight is 421 g/mol. The zero-order chi connectivity index (χ0) is 19.4. The first-order valence-corrected chi connectivity index (χ1v) is 17.0. The van der Waals surface area contributed by atoms with E-state index in [4.69, 9.17) is 0 Å². The molecule has 1 saturated carbocycles. The van der Waals surface area contributed by atoms with Crippen molar-refractivity contribution < 1.29 is 17.9 Å². The monoisotopic (exact) mass is 421 g/mol. The summed E-state index contributed by atoms with van der Waals surface area (Å²) in [5, 5.41) is 5.41. The number of hydrogen-bond acceptors (Lipinski definition) is 0. The van der Waals surface area contributed by atoms with E-state index in [-0.39, 0.29) is 0 Å². The van der Waals surface area contributed by atoms with Crippen molar-refractivity contribution in [2.75, 3.05) is 0 Å². The van der Waals surface area contributed by atoms with Crippen LogP contribution in [0.25, 0.3) is 0 Å². The van der Waals surface area contributed by atoms with Crippen LogP contribution in [-0.2, 0) is 17.9 Å². The van der Waals surface area contributed by atoms with Crippen LogP contribution < -0.4 is 0 Å². The Bertz CT molecular complexity index is 383. The summed E-state index contributed by atoms with van der Waals surface area (Å²) in [6.07, 6.45) is 7.42. The van der Waals surface area contributed by atoms with E-state index in [9.17, 15) is 0 Å². The minimum absolute atomic E-state index is 0.612. The zero-order valence-electron chi connectivity index (χ0n) is 18.9. The molecule has 0 aromatic heterocycles. The molecule has 1 rings (SSSR count). The second-order valence-corrected chi connectivity index (χ2v) is 19.9. The number of hydrogen-bond donors (Lipinski definition) is 0. The Morgan fingerprint density at radius 3 is 1.76 bits per heavy atom. The van der Waals surface area contributed by atoms with Crippen molar-refractivity contribution >= 4 is 17.2 Å². The molecule has 6 atom stereocenters. The van der Waals surface area contributed by atoms with Crippen LogP contribution in [0.3, 0.4) is 0 Å². The predicted octanol–water partition coefficient (Wildman–Crippen LogP) is 8.20. The molecule has 0 amide bonds. The molecular formula is C22H47P2Ti. The molecule has 0 N–H and O–H groups in total. The van der Waals surface area contributed by atoms with Crippen LogP contribution in [0.5, 0.6) is 0 Å². The quantitative estimate of drug-likeness (QED) is 0.260. The van der Waals surface area contributed by atoms with E-state index in [1.807, 2.05) is 0 Å². The zero-order valence-corrected chi connectivity index (χ0v) is 22.5. The molecule has 0 heterocycles.